The monoisotopic (exact) mass is 346 g/mol. The minimum absolute atomic E-state index is 0.0799. The van der Waals surface area contributed by atoms with Crippen LogP contribution in [0.1, 0.15) is 5.69 Å². The highest BCUT2D eigenvalue weighted by molar-refractivity contribution is 5.89. The third kappa shape index (κ3) is 3.35. The first-order chi connectivity index (χ1) is 12.1. The van der Waals surface area contributed by atoms with E-state index in [0.717, 1.165) is 6.21 Å². The van der Waals surface area contributed by atoms with E-state index in [4.69, 9.17) is 15.5 Å². The van der Waals surface area contributed by atoms with Crippen molar-refractivity contribution < 1.29 is 19.1 Å². The molecule has 0 saturated carbocycles. The highest BCUT2D eigenvalue weighted by Crippen LogP contribution is 2.25. The number of ether oxygens (including phenoxy) is 1. The molecule has 2 aromatic rings. The Labute approximate surface area is 140 Å². The first-order valence-electron chi connectivity index (χ1n) is 7.15. The molecule has 1 aromatic carbocycles. The van der Waals surface area contributed by atoms with Crippen LogP contribution in [0.25, 0.3) is 5.69 Å². The van der Waals surface area contributed by atoms with Gasteiger partial charge in [0.1, 0.15) is 34.6 Å². The summed E-state index contributed by atoms with van der Waals surface area (Å²) in [4.78, 5) is 20.0. The molecule has 0 aliphatic carbocycles. The van der Waals surface area contributed by atoms with Crippen LogP contribution >= 0.6 is 0 Å². The lowest BCUT2D eigenvalue weighted by Crippen LogP contribution is -2.25. The lowest BCUT2D eigenvalue weighted by atomic mass is 10.2. The Balaban J connectivity index is 1.82. The molecule has 1 amide bonds. The second-order valence-corrected chi connectivity index (χ2v) is 5.13. The number of anilines is 1. The van der Waals surface area contributed by atoms with E-state index in [2.05, 4.69) is 20.2 Å². The van der Waals surface area contributed by atoms with Gasteiger partial charge in [-0.2, -0.15) is 0 Å². The number of nitrogens with one attached hydrogen (secondary N) is 1. The zero-order valence-corrected chi connectivity index (χ0v) is 12.8. The van der Waals surface area contributed by atoms with Crippen molar-refractivity contribution in [1.29, 1.82) is 5.53 Å². The van der Waals surface area contributed by atoms with E-state index in [1.165, 1.54) is 34.1 Å². The normalized spacial score (nSPS) is 16.9. The number of nitrogens with zero attached hydrogens (tertiary/aromatic N) is 6. The van der Waals surface area contributed by atoms with Gasteiger partial charge in [-0.05, 0) is 18.2 Å². The smallest absolute Gasteiger partial charge is 0.414 e. The van der Waals surface area contributed by atoms with Crippen LogP contribution < -0.4 is 9.81 Å². The van der Waals surface area contributed by atoms with E-state index in [1.807, 2.05) is 0 Å². The van der Waals surface area contributed by atoms with Gasteiger partial charge < -0.3 is 14.5 Å². The molecule has 25 heavy (non-hydrogen) atoms. The molecule has 0 bridgehead atoms. The molecular weight excluding hydrogens is 333 g/mol. The van der Waals surface area contributed by atoms with Crippen LogP contribution in [0.15, 0.2) is 41.0 Å². The van der Waals surface area contributed by atoms with Crippen molar-refractivity contribution in [2.24, 2.45) is 10.3 Å². The van der Waals surface area contributed by atoms with E-state index in [0.29, 0.717) is 11.4 Å². The van der Waals surface area contributed by atoms with Crippen LogP contribution in [-0.2, 0) is 4.74 Å². The van der Waals surface area contributed by atoms with Crippen LogP contribution in [0.3, 0.4) is 0 Å². The summed E-state index contributed by atoms with van der Waals surface area (Å²) in [5, 5.41) is 14.8. The zero-order chi connectivity index (χ0) is 17.8. The summed E-state index contributed by atoms with van der Waals surface area (Å²) in [7, 11) is 0. The average Bonchev–Trinajstić information content (AvgIpc) is 3.20. The molecule has 1 aliphatic heterocycles. The van der Waals surface area contributed by atoms with Crippen molar-refractivity contribution in [1.82, 2.24) is 14.5 Å². The summed E-state index contributed by atoms with van der Waals surface area (Å²) in [5.41, 5.74) is 7.54. The number of halogens is 1. The third-order valence-electron chi connectivity index (χ3n) is 3.54. The van der Waals surface area contributed by atoms with E-state index in [9.17, 15) is 9.18 Å². The first kappa shape index (κ1) is 16.3. The summed E-state index contributed by atoms with van der Waals surface area (Å²) in [6.07, 6.45) is 2.85. The van der Waals surface area contributed by atoms with Crippen molar-refractivity contribution in [3.63, 3.8) is 0 Å². The number of hydrogen-bond donors (Lipinski definition) is 2. The Morgan fingerprint density at radius 3 is 3.12 bits per heavy atom. The fourth-order valence-electron chi connectivity index (χ4n) is 2.43. The Morgan fingerprint density at radius 2 is 2.40 bits per heavy atom. The van der Waals surface area contributed by atoms with E-state index in [-0.39, 0.29) is 18.8 Å². The second-order valence-electron chi connectivity index (χ2n) is 5.13. The Hall–Kier alpha value is -3.59. The summed E-state index contributed by atoms with van der Waals surface area (Å²) < 4.78 is 21.0. The van der Waals surface area contributed by atoms with Crippen LogP contribution in [0, 0.1) is 11.3 Å². The van der Waals surface area contributed by atoms with Crippen LogP contribution in [0.5, 0.6) is 0 Å². The minimum Gasteiger partial charge on any atom is -0.442 e. The molecule has 1 fully saturated rings. The number of aromatic nitrogens is 2. The maximum absolute atomic E-state index is 14.4. The Kier molecular flexibility index (Phi) is 4.48. The quantitative estimate of drug-likeness (QED) is 0.280. The largest absolute Gasteiger partial charge is 0.442 e. The number of amides is 1. The fraction of sp³-hybridized carbons (Fsp3) is 0.214. The minimum atomic E-state index is -0.610. The van der Waals surface area contributed by atoms with Crippen molar-refractivity contribution in [2.75, 3.05) is 18.0 Å². The predicted octanol–water partition coefficient (Wildman–Crippen LogP) is 1.70. The summed E-state index contributed by atoms with van der Waals surface area (Å²) in [5.74, 6) is -0.565. The summed E-state index contributed by atoms with van der Waals surface area (Å²) >= 11 is 0. The number of carbonyl (C=O) groups excluding carboxylic acids is 1. The number of benzene rings is 1. The summed E-state index contributed by atoms with van der Waals surface area (Å²) in [6, 6.07) is 4.29. The van der Waals surface area contributed by atoms with Gasteiger partial charge in [-0.25, -0.2) is 14.2 Å². The Bertz CT molecular complexity index is 875. The predicted molar refractivity (Wildman–Crippen MR) is 82.7 cm³/mol. The molecule has 3 rings (SSSR count). The maximum Gasteiger partial charge on any atom is 0.414 e. The number of hydrogen-bond acceptors (Lipinski definition) is 7. The maximum atomic E-state index is 14.4. The van der Waals surface area contributed by atoms with Crippen molar-refractivity contribution in [2.45, 2.75) is 6.10 Å². The number of carbonyl (C=O) groups is 1. The molecule has 2 heterocycles. The number of cyclic esters (lactones) is 1. The molecule has 2 N–H and O–H groups in total. The molecule has 0 spiro atoms. The average molecular weight is 346 g/mol. The molecule has 1 aromatic heterocycles. The standard InChI is InChI=1S/C14H12FN7O3/c15-12-3-10(22-7-11(5-18-20-16)25-14(22)23)1-2-13(12)21-6-9(4-19-24)17-8-21/h1-4,6,8,11,16H,5,7H2/p+1/b19-4+/t11-/m0/s1. The number of imidazole rings is 1. The number of rotatable bonds is 5. The molecule has 10 nitrogen and oxygen atoms in total. The molecule has 1 saturated heterocycles. The van der Waals surface area contributed by atoms with E-state index in [1.54, 1.807) is 6.07 Å². The fourth-order valence-corrected chi connectivity index (χ4v) is 2.43. The Morgan fingerprint density at radius 1 is 1.56 bits per heavy atom. The van der Waals surface area contributed by atoms with E-state index >= 15 is 0 Å². The van der Waals surface area contributed by atoms with Gasteiger partial charge in [0, 0.05) is 6.20 Å². The lowest BCUT2D eigenvalue weighted by Gasteiger charge is -2.14. The second kappa shape index (κ2) is 6.89. The van der Waals surface area contributed by atoms with Gasteiger partial charge in [-0.1, -0.05) is 5.16 Å². The molecular formula is C14H13FN7O3+. The van der Waals surface area contributed by atoms with Gasteiger partial charge in [0.2, 0.25) is 4.91 Å². The zero-order valence-electron chi connectivity index (χ0n) is 12.8. The molecule has 11 heteroatoms. The molecule has 0 unspecified atom stereocenters. The van der Waals surface area contributed by atoms with Gasteiger partial charge in [0.15, 0.2) is 6.54 Å². The molecule has 1 atom stereocenters. The van der Waals surface area contributed by atoms with Crippen molar-refractivity contribution in [3.05, 3.63) is 42.2 Å². The van der Waals surface area contributed by atoms with Crippen molar-refractivity contribution in [3.8, 4) is 5.69 Å². The van der Waals surface area contributed by atoms with Crippen LogP contribution in [0.2, 0.25) is 0 Å². The van der Waals surface area contributed by atoms with Crippen molar-refractivity contribution >= 4 is 18.0 Å². The topological polar surface area (TPSA) is 130 Å². The van der Waals surface area contributed by atoms with Gasteiger partial charge in [0.25, 0.3) is 0 Å². The van der Waals surface area contributed by atoms with Gasteiger partial charge >= 0.3 is 6.09 Å². The van der Waals surface area contributed by atoms with Gasteiger partial charge in [-0.15, -0.1) is 0 Å². The van der Waals surface area contributed by atoms with Crippen LogP contribution in [-0.4, -0.2) is 46.3 Å². The van der Waals surface area contributed by atoms with Crippen LogP contribution in [0.4, 0.5) is 14.9 Å². The molecule has 1 aliphatic rings. The third-order valence-corrected chi connectivity index (χ3v) is 3.54. The van der Waals surface area contributed by atoms with E-state index < -0.39 is 18.0 Å². The van der Waals surface area contributed by atoms with Gasteiger partial charge in [-0.3, -0.25) is 4.90 Å². The first-order valence-corrected chi connectivity index (χ1v) is 7.15. The highest BCUT2D eigenvalue weighted by atomic mass is 19.1. The molecule has 0 radical (unpaired) electrons. The molecule has 128 valence electrons. The SMILES string of the molecule is N=[N+]=NC[C@H]1CN(c2ccc(-n3cnc(/C=N/O)c3)c(F)c2)C(=O)O1. The highest BCUT2D eigenvalue weighted by Gasteiger charge is 2.33. The summed E-state index contributed by atoms with van der Waals surface area (Å²) in [6.45, 7) is 0.273. The number of oxime groups is 1. The van der Waals surface area contributed by atoms with Gasteiger partial charge in [0.05, 0.1) is 24.1 Å². The lowest BCUT2D eigenvalue weighted by molar-refractivity contribution is 0.144.